The molecule has 1 aromatic carbocycles. The van der Waals surface area contributed by atoms with Gasteiger partial charge in [-0.1, -0.05) is 6.07 Å². The Kier molecular flexibility index (Phi) is 3.41. The molecule has 0 fully saturated rings. The Morgan fingerprint density at radius 3 is 2.62 bits per heavy atom. The predicted octanol–water partition coefficient (Wildman–Crippen LogP) is 0.255. The summed E-state index contributed by atoms with van der Waals surface area (Å²) in [6.07, 6.45) is 0.000881. The molecule has 16 heavy (non-hydrogen) atoms. The fourth-order valence-corrected chi connectivity index (χ4v) is 1.19. The molecular formula is C9H10N2O5. The summed E-state index contributed by atoms with van der Waals surface area (Å²) >= 11 is 0. The summed E-state index contributed by atoms with van der Waals surface area (Å²) in [4.78, 5) is 20.1. The number of nitro benzene ring substituents is 1. The van der Waals surface area contributed by atoms with Crippen molar-refractivity contribution in [3.63, 3.8) is 0 Å². The fraction of sp³-hybridized carbons (Fsp3) is 0.222. The van der Waals surface area contributed by atoms with Crippen molar-refractivity contribution >= 4 is 11.7 Å². The normalized spacial score (nSPS) is 12.1. The summed E-state index contributed by atoms with van der Waals surface area (Å²) in [5, 5.41) is 28.2. The zero-order valence-corrected chi connectivity index (χ0v) is 8.16. The van der Waals surface area contributed by atoms with Crippen LogP contribution in [0, 0.1) is 10.1 Å². The van der Waals surface area contributed by atoms with Gasteiger partial charge in [-0.05, 0) is 18.1 Å². The molecule has 0 aromatic heterocycles. The first kappa shape index (κ1) is 11.9. The lowest BCUT2D eigenvalue weighted by molar-refractivity contribution is -0.385. The average molecular weight is 226 g/mol. The maximum Gasteiger partial charge on any atom is 0.320 e. The largest absolute Gasteiger partial charge is 0.502 e. The molecule has 4 N–H and O–H groups in total. The molecule has 1 aromatic rings. The number of carbonyl (C=O) groups is 1. The van der Waals surface area contributed by atoms with Crippen molar-refractivity contribution in [2.75, 3.05) is 0 Å². The van der Waals surface area contributed by atoms with Crippen molar-refractivity contribution in [1.82, 2.24) is 0 Å². The van der Waals surface area contributed by atoms with E-state index in [1.54, 1.807) is 0 Å². The van der Waals surface area contributed by atoms with Gasteiger partial charge in [-0.15, -0.1) is 0 Å². The van der Waals surface area contributed by atoms with Gasteiger partial charge < -0.3 is 15.9 Å². The average Bonchev–Trinajstić information content (AvgIpc) is 2.16. The van der Waals surface area contributed by atoms with Gasteiger partial charge in [-0.3, -0.25) is 14.9 Å². The molecule has 0 aliphatic carbocycles. The number of nitrogens with two attached hydrogens (primary N) is 1. The molecule has 0 heterocycles. The van der Waals surface area contributed by atoms with Gasteiger partial charge in [0.05, 0.1) is 4.92 Å². The molecule has 1 atom stereocenters. The number of hydrogen-bond acceptors (Lipinski definition) is 5. The van der Waals surface area contributed by atoms with Crippen LogP contribution in [-0.2, 0) is 11.2 Å². The van der Waals surface area contributed by atoms with E-state index in [4.69, 9.17) is 10.8 Å². The SMILES string of the molecule is NC(Cc1ccc([N+](=O)[O-])c(O)c1)C(=O)O. The van der Waals surface area contributed by atoms with E-state index in [-0.39, 0.29) is 6.42 Å². The number of carboxylic acid groups (broad SMARTS) is 1. The Labute approximate surface area is 90.3 Å². The van der Waals surface area contributed by atoms with Crippen LogP contribution in [0.3, 0.4) is 0 Å². The lowest BCUT2D eigenvalue weighted by Gasteiger charge is -2.06. The van der Waals surface area contributed by atoms with Gasteiger partial charge in [-0.2, -0.15) is 0 Å². The van der Waals surface area contributed by atoms with Crippen molar-refractivity contribution in [3.8, 4) is 5.75 Å². The van der Waals surface area contributed by atoms with Crippen LogP contribution in [0.5, 0.6) is 5.75 Å². The van der Waals surface area contributed by atoms with Gasteiger partial charge in [-0.25, -0.2) is 0 Å². The second kappa shape index (κ2) is 4.58. The first-order chi connectivity index (χ1) is 7.41. The highest BCUT2D eigenvalue weighted by Gasteiger charge is 2.16. The highest BCUT2D eigenvalue weighted by molar-refractivity contribution is 5.73. The van der Waals surface area contributed by atoms with Gasteiger partial charge in [0.1, 0.15) is 6.04 Å². The van der Waals surface area contributed by atoms with E-state index < -0.39 is 28.4 Å². The van der Waals surface area contributed by atoms with Crippen LogP contribution < -0.4 is 5.73 Å². The number of benzene rings is 1. The number of aliphatic carboxylic acids is 1. The van der Waals surface area contributed by atoms with E-state index in [1.165, 1.54) is 6.07 Å². The van der Waals surface area contributed by atoms with Crippen molar-refractivity contribution in [2.45, 2.75) is 12.5 Å². The van der Waals surface area contributed by atoms with Crippen LogP contribution in [0.4, 0.5) is 5.69 Å². The second-order valence-corrected chi connectivity index (χ2v) is 3.23. The molecule has 0 radical (unpaired) electrons. The number of aromatic hydroxyl groups is 1. The molecule has 0 saturated heterocycles. The second-order valence-electron chi connectivity index (χ2n) is 3.23. The van der Waals surface area contributed by atoms with E-state index in [9.17, 15) is 20.0 Å². The molecule has 0 saturated carbocycles. The van der Waals surface area contributed by atoms with Gasteiger partial charge in [0.15, 0.2) is 5.75 Å². The molecule has 1 unspecified atom stereocenters. The molecular weight excluding hydrogens is 216 g/mol. The van der Waals surface area contributed by atoms with Crippen LogP contribution in [0.15, 0.2) is 18.2 Å². The summed E-state index contributed by atoms with van der Waals surface area (Å²) in [5.74, 6) is -1.67. The number of phenols is 1. The molecule has 0 aliphatic heterocycles. The van der Waals surface area contributed by atoms with E-state index in [0.717, 1.165) is 12.1 Å². The van der Waals surface area contributed by atoms with Crippen molar-refractivity contribution in [1.29, 1.82) is 0 Å². The van der Waals surface area contributed by atoms with E-state index in [0.29, 0.717) is 5.56 Å². The summed E-state index contributed by atoms with van der Waals surface area (Å²) in [6.45, 7) is 0. The predicted molar refractivity (Wildman–Crippen MR) is 54.1 cm³/mol. The molecule has 1 rings (SSSR count). The van der Waals surface area contributed by atoms with Crippen molar-refractivity contribution in [3.05, 3.63) is 33.9 Å². The first-order valence-electron chi connectivity index (χ1n) is 4.36. The van der Waals surface area contributed by atoms with Crippen LogP contribution in [0.1, 0.15) is 5.56 Å². The van der Waals surface area contributed by atoms with Gasteiger partial charge in [0.25, 0.3) is 0 Å². The Bertz CT molecular complexity index is 432. The minimum Gasteiger partial charge on any atom is -0.502 e. The Morgan fingerprint density at radius 2 is 2.19 bits per heavy atom. The van der Waals surface area contributed by atoms with Crippen molar-refractivity contribution in [2.24, 2.45) is 5.73 Å². The Hall–Kier alpha value is -2.15. The Morgan fingerprint density at radius 1 is 1.56 bits per heavy atom. The molecule has 7 nitrogen and oxygen atoms in total. The maximum absolute atomic E-state index is 10.5. The third kappa shape index (κ3) is 2.67. The zero-order valence-electron chi connectivity index (χ0n) is 8.16. The summed E-state index contributed by atoms with van der Waals surface area (Å²) in [5.41, 5.74) is 5.29. The maximum atomic E-state index is 10.5. The number of hydrogen-bond donors (Lipinski definition) is 3. The van der Waals surface area contributed by atoms with Gasteiger partial charge in [0.2, 0.25) is 0 Å². The standard InChI is InChI=1S/C9H10N2O5/c10-6(9(13)14)3-5-1-2-7(11(15)16)8(12)4-5/h1-2,4,6,12H,3,10H2,(H,13,14). The Balaban J connectivity index is 2.89. The quantitative estimate of drug-likeness (QED) is 0.499. The summed E-state index contributed by atoms with van der Waals surface area (Å²) in [7, 11) is 0. The highest BCUT2D eigenvalue weighted by Crippen LogP contribution is 2.26. The number of carboxylic acids is 1. The zero-order chi connectivity index (χ0) is 12.3. The summed E-state index contributed by atoms with van der Waals surface area (Å²) < 4.78 is 0. The minimum atomic E-state index is -1.17. The highest BCUT2D eigenvalue weighted by atomic mass is 16.6. The smallest absolute Gasteiger partial charge is 0.320 e. The molecule has 7 heteroatoms. The van der Waals surface area contributed by atoms with Crippen LogP contribution in [-0.4, -0.2) is 27.1 Å². The van der Waals surface area contributed by atoms with Crippen LogP contribution in [0.2, 0.25) is 0 Å². The van der Waals surface area contributed by atoms with E-state index in [2.05, 4.69) is 0 Å². The molecule has 0 spiro atoms. The minimum absolute atomic E-state index is 0.000881. The summed E-state index contributed by atoms with van der Waals surface area (Å²) in [6, 6.07) is 2.52. The van der Waals surface area contributed by atoms with E-state index in [1.807, 2.05) is 0 Å². The lowest BCUT2D eigenvalue weighted by atomic mass is 10.1. The van der Waals surface area contributed by atoms with Crippen LogP contribution >= 0.6 is 0 Å². The van der Waals surface area contributed by atoms with Gasteiger partial charge in [0, 0.05) is 6.07 Å². The number of nitrogens with zero attached hydrogens (tertiary/aromatic N) is 1. The molecule has 0 aliphatic rings. The van der Waals surface area contributed by atoms with Gasteiger partial charge >= 0.3 is 11.7 Å². The lowest BCUT2D eigenvalue weighted by Crippen LogP contribution is -2.32. The molecule has 0 amide bonds. The number of phenolic OH excluding ortho intramolecular Hbond substituents is 1. The van der Waals surface area contributed by atoms with Crippen molar-refractivity contribution < 1.29 is 19.9 Å². The fourth-order valence-electron chi connectivity index (χ4n) is 1.19. The third-order valence-corrected chi connectivity index (χ3v) is 2.01. The topological polar surface area (TPSA) is 127 Å². The first-order valence-corrected chi connectivity index (χ1v) is 4.36. The number of rotatable bonds is 4. The molecule has 86 valence electrons. The third-order valence-electron chi connectivity index (χ3n) is 2.01. The molecule has 0 bridgehead atoms. The number of nitro groups is 1. The van der Waals surface area contributed by atoms with Crippen LogP contribution in [0.25, 0.3) is 0 Å². The van der Waals surface area contributed by atoms with E-state index >= 15 is 0 Å². The monoisotopic (exact) mass is 226 g/mol.